The molecule has 0 radical (unpaired) electrons. The van der Waals surface area contributed by atoms with E-state index in [0.29, 0.717) is 12.2 Å². The lowest BCUT2D eigenvalue weighted by molar-refractivity contribution is -0.136. The second kappa shape index (κ2) is 8.51. The molecule has 1 saturated heterocycles. The molecule has 1 aromatic carbocycles. The summed E-state index contributed by atoms with van der Waals surface area (Å²) in [4.78, 5) is 24.6. The molecule has 0 saturated carbocycles. The van der Waals surface area contributed by atoms with Gasteiger partial charge in [0.05, 0.1) is 6.42 Å². The van der Waals surface area contributed by atoms with Gasteiger partial charge in [0.2, 0.25) is 0 Å². The predicted molar refractivity (Wildman–Crippen MR) is 82.4 cm³/mol. The van der Waals surface area contributed by atoms with Crippen molar-refractivity contribution < 1.29 is 19.4 Å². The summed E-state index contributed by atoms with van der Waals surface area (Å²) in [5.41, 5.74) is 0.524. The normalized spacial score (nSPS) is 15.5. The minimum Gasteiger partial charge on any atom is -0.492 e. The fraction of sp³-hybridized carbons (Fsp3) is 0.500. The molecule has 1 aliphatic heterocycles. The predicted octanol–water partition coefficient (Wildman–Crippen LogP) is 1.02. The second-order valence-corrected chi connectivity index (χ2v) is 5.28. The Morgan fingerprint density at radius 2 is 1.82 bits per heavy atom. The van der Waals surface area contributed by atoms with E-state index in [2.05, 4.69) is 10.2 Å². The zero-order valence-electron chi connectivity index (χ0n) is 12.6. The molecule has 1 heterocycles. The van der Waals surface area contributed by atoms with Gasteiger partial charge in [0.1, 0.15) is 12.4 Å². The summed E-state index contributed by atoms with van der Waals surface area (Å²) >= 11 is 0. The number of carbonyl (C=O) groups excluding carboxylic acids is 1. The summed E-state index contributed by atoms with van der Waals surface area (Å²) in [7, 11) is 0. The van der Waals surface area contributed by atoms with E-state index in [1.54, 1.807) is 24.3 Å². The van der Waals surface area contributed by atoms with Gasteiger partial charge in [-0.15, -0.1) is 0 Å². The van der Waals surface area contributed by atoms with Crippen LogP contribution in [-0.4, -0.2) is 61.1 Å². The molecule has 22 heavy (non-hydrogen) atoms. The Balaban J connectivity index is 1.74. The number of hydrogen-bond donors (Lipinski definition) is 2. The third-order valence-corrected chi connectivity index (χ3v) is 3.63. The maximum atomic E-state index is 11.8. The number of Topliss-reactive ketones (excluding diaryl/α,β-unsaturated/α-hetero) is 1. The minimum atomic E-state index is -0.957. The van der Waals surface area contributed by atoms with Crippen LogP contribution in [0.5, 0.6) is 5.75 Å². The summed E-state index contributed by atoms with van der Waals surface area (Å²) in [6.07, 6.45) is -0.111. The third kappa shape index (κ3) is 5.46. The molecule has 6 nitrogen and oxygen atoms in total. The van der Waals surface area contributed by atoms with Crippen LogP contribution in [0.4, 0.5) is 0 Å². The zero-order chi connectivity index (χ0) is 15.8. The Morgan fingerprint density at radius 1 is 1.14 bits per heavy atom. The SMILES string of the molecule is O=C(O)CCC(=O)c1ccc(OCCN2CCNCC2)cc1. The van der Waals surface area contributed by atoms with E-state index in [9.17, 15) is 9.59 Å². The number of aliphatic carboxylic acids is 1. The van der Waals surface area contributed by atoms with Crippen molar-refractivity contribution in [1.29, 1.82) is 0 Å². The number of benzene rings is 1. The minimum absolute atomic E-state index is 0.0263. The zero-order valence-corrected chi connectivity index (χ0v) is 12.6. The molecule has 0 aromatic heterocycles. The fourth-order valence-electron chi connectivity index (χ4n) is 2.33. The molecule has 0 aliphatic carbocycles. The van der Waals surface area contributed by atoms with Crippen molar-refractivity contribution in [3.63, 3.8) is 0 Å². The Labute approximate surface area is 130 Å². The van der Waals surface area contributed by atoms with Gasteiger partial charge in [0.15, 0.2) is 5.78 Å². The molecule has 2 N–H and O–H groups in total. The van der Waals surface area contributed by atoms with Crippen LogP contribution in [0.1, 0.15) is 23.2 Å². The maximum absolute atomic E-state index is 11.8. The number of ketones is 1. The molecular formula is C16H22N2O4. The molecule has 0 spiro atoms. The summed E-state index contributed by atoms with van der Waals surface area (Å²) < 4.78 is 5.67. The van der Waals surface area contributed by atoms with Gasteiger partial charge in [-0.2, -0.15) is 0 Å². The fourth-order valence-corrected chi connectivity index (χ4v) is 2.33. The molecule has 0 amide bonds. The Kier molecular flexibility index (Phi) is 6.36. The van der Waals surface area contributed by atoms with Crippen molar-refractivity contribution >= 4 is 11.8 Å². The largest absolute Gasteiger partial charge is 0.492 e. The highest BCUT2D eigenvalue weighted by molar-refractivity contribution is 5.97. The summed E-state index contributed by atoms with van der Waals surface area (Å²) in [5, 5.41) is 11.9. The van der Waals surface area contributed by atoms with Crippen LogP contribution in [-0.2, 0) is 4.79 Å². The van der Waals surface area contributed by atoms with Crippen LogP contribution < -0.4 is 10.1 Å². The number of hydrogen-bond acceptors (Lipinski definition) is 5. The molecule has 0 atom stereocenters. The molecule has 1 aromatic rings. The Bertz CT molecular complexity index is 495. The first-order valence-corrected chi connectivity index (χ1v) is 7.56. The van der Waals surface area contributed by atoms with Crippen LogP contribution >= 0.6 is 0 Å². The van der Waals surface area contributed by atoms with Crippen LogP contribution in [0, 0.1) is 0 Å². The van der Waals surface area contributed by atoms with E-state index in [1.807, 2.05) is 0 Å². The molecule has 1 fully saturated rings. The van der Waals surface area contributed by atoms with Crippen molar-refractivity contribution in [1.82, 2.24) is 10.2 Å². The first-order valence-electron chi connectivity index (χ1n) is 7.56. The van der Waals surface area contributed by atoms with E-state index in [0.717, 1.165) is 38.5 Å². The van der Waals surface area contributed by atoms with E-state index >= 15 is 0 Å². The maximum Gasteiger partial charge on any atom is 0.303 e. The van der Waals surface area contributed by atoms with Gasteiger partial charge >= 0.3 is 5.97 Å². The number of carboxylic acid groups (broad SMARTS) is 1. The van der Waals surface area contributed by atoms with Crippen molar-refractivity contribution in [2.45, 2.75) is 12.8 Å². The molecule has 0 unspecified atom stereocenters. The quantitative estimate of drug-likeness (QED) is 0.698. The number of nitrogens with zero attached hydrogens (tertiary/aromatic N) is 1. The average Bonchev–Trinajstić information content (AvgIpc) is 2.54. The van der Waals surface area contributed by atoms with Crippen molar-refractivity contribution in [2.75, 3.05) is 39.3 Å². The third-order valence-electron chi connectivity index (χ3n) is 3.63. The highest BCUT2D eigenvalue weighted by Crippen LogP contribution is 2.14. The van der Waals surface area contributed by atoms with E-state index in [-0.39, 0.29) is 18.6 Å². The number of carbonyl (C=O) groups is 2. The lowest BCUT2D eigenvalue weighted by Crippen LogP contribution is -2.44. The van der Waals surface area contributed by atoms with Crippen LogP contribution in [0.2, 0.25) is 0 Å². The van der Waals surface area contributed by atoms with Gasteiger partial charge in [-0.3, -0.25) is 14.5 Å². The first kappa shape index (κ1) is 16.5. The first-order chi connectivity index (χ1) is 10.6. The lowest BCUT2D eigenvalue weighted by atomic mass is 10.1. The lowest BCUT2D eigenvalue weighted by Gasteiger charge is -2.26. The van der Waals surface area contributed by atoms with Gasteiger partial charge < -0.3 is 15.2 Å². The molecule has 0 bridgehead atoms. The molecule has 1 aliphatic rings. The molecule has 120 valence electrons. The highest BCUT2D eigenvalue weighted by atomic mass is 16.5. The van der Waals surface area contributed by atoms with Crippen molar-refractivity contribution in [3.05, 3.63) is 29.8 Å². The van der Waals surface area contributed by atoms with Crippen LogP contribution in [0.25, 0.3) is 0 Å². The highest BCUT2D eigenvalue weighted by Gasteiger charge is 2.10. The van der Waals surface area contributed by atoms with E-state index < -0.39 is 5.97 Å². The Hall–Kier alpha value is -1.92. The standard InChI is InChI=1S/C16H22N2O4/c19-15(5-6-16(20)21)13-1-3-14(4-2-13)22-12-11-18-9-7-17-8-10-18/h1-4,17H,5-12H2,(H,20,21). The van der Waals surface area contributed by atoms with Gasteiger partial charge in [-0.25, -0.2) is 0 Å². The summed E-state index contributed by atoms with van der Waals surface area (Å²) in [6.45, 7) is 5.63. The Morgan fingerprint density at radius 3 is 2.45 bits per heavy atom. The average molecular weight is 306 g/mol. The van der Waals surface area contributed by atoms with Crippen molar-refractivity contribution in [3.8, 4) is 5.75 Å². The van der Waals surface area contributed by atoms with Gasteiger partial charge in [-0.1, -0.05) is 0 Å². The number of rotatable bonds is 8. The smallest absolute Gasteiger partial charge is 0.303 e. The second-order valence-electron chi connectivity index (χ2n) is 5.28. The van der Waals surface area contributed by atoms with Gasteiger partial charge in [0.25, 0.3) is 0 Å². The topological polar surface area (TPSA) is 78.9 Å². The summed E-state index contributed by atoms with van der Waals surface area (Å²) in [5.74, 6) is -0.388. The van der Waals surface area contributed by atoms with Crippen LogP contribution in [0.15, 0.2) is 24.3 Å². The van der Waals surface area contributed by atoms with E-state index in [4.69, 9.17) is 9.84 Å². The molecule has 6 heteroatoms. The summed E-state index contributed by atoms with van der Waals surface area (Å²) in [6, 6.07) is 6.88. The van der Waals surface area contributed by atoms with Gasteiger partial charge in [0, 0.05) is 44.7 Å². The number of piperazine rings is 1. The van der Waals surface area contributed by atoms with E-state index in [1.165, 1.54) is 0 Å². The van der Waals surface area contributed by atoms with Crippen LogP contribution in [0.3, 0.4) is 0 Å². The van der Waals surface area contributed by atoms with Crippen molar-refractivity contribution in [2.24, 2.45) is 0 Å². The van der Waals surface area contributed by atoms with Gasteiger partial charge in [-0.05, 0) is 24.3 Å². The molecular weight excluding hydrogens is 284 g/mol. The molecule has 2 rings (SSSR count). The number of carboxylic acids is 1. The monoisotopic (exact) mass is 306 g/mol. The number of nitrogens with one attached hydrogen (secondary N) is 1. The number of ether oxygens (including phenoxy) is 1.